The van der Waals surface area contributed by atoms with Crippen molar-refractivity contribution in [2.75, 3.05) is 0 Å². The Morgan fingerprint density at radius 2 is 2.00 bits per heavy atom. The van der Waals surface area contributed by atoms with Crippen LogP contribution in [0.15, 0.2) is 23.1 Å². The summed E-state index contributed by atoms with van der Waals surface area (Å²) < 4.78 is 0. The highest BCUT2D eigenvalue weighted by molar-refractivity contribution is 7.80. The summed E-state index contributed by atoms with van der Waals surface area (Å²) in [5, 5.41) is 0. The van der Waals surface area contributed by atoms with Crippen LogP contribution in [0.4, 0.5) is 0 Å². The molecule has 0 nitrogen and oxygen atoms in total. The lowest BCUT2D eigenvalue weighted by molar-refractivity contribution is 0.715. The molecule has 0 bridgehead atoms. The van der Waals surface area contributed by atoms with Crippen molar-refractivity contribution in [3.63, 3.8) is 0 Å². The van der Waals surface area contributed by atoms with Crippen LogP contribution in [-0.2, 0) is 6.42 Å². The van der Waals surface area contributed by atoms with Gasteiger partial charge in [-0.25, -0.2) is 0 Å². The molecule has 1 rings (SSSR count). The van der Waals surface area contributed by atoms with Gasteiger partial charge in [-0.15, -0.1) is 12.6 Å². The van der Waals surface area contributed by atoms with Gasteiger partial charge in [-0.1, -0.05) is 25.8 Å². The number of rotatable bonds is 4. The molecule has 0 unspecified atom stereocenters. The zero-order valence-corrected chi connectivity index (χ0v) is 9.40. The SMILES string of the molecule is CCCCCc1ccc(S)cc1C. The van der Waals surface area contributed by atoms with Crippen LogP contribution < -0.4 is 0 Å². The van der Waals surface area contributed by atoms with Crippen LogP contribution in [0.1, 0.15) is 37.3 Å². The monoisotopic (exact) mass is 194 g/mol. The van der Waals surface area contributed by atoms with Crippen LogP contribution in [0, 0.1) is 6.92 Å². The van der Waals surface area contributed by atoms with E-state index in [1.165, 1.54) is 36.8 Å². The summed E-state index contributed by atoms with van der Waals surface area (Å²) >= 11 is 4.31. The number of unbranched alkanes of at least 4 members (excludes halogenated alkanes) is 2. The fraction of sp³-hybridized carbons (Fsp3) is 0.500. The second-order valence-corrected chi connectivity index (χ2v) is 4.08. The molecule has 0 aliphatic rings. The van der Waals surface area contributed by atoms with Crippen LogP contribution in [0.5, 0.6) is 0 Å². The average molecular weight is 194 g/mol. The molecule has 1 aromatic rings. The molecule has 0 N–H and O–H groups in total. The molecule has 1 aromatic carbocycles. The zero-order chi connectivity index (χ0) is 9.68. The molecule has 0 amide bonds. The summed E-state index contributed by atoms with van der Waals surface area (Å²) in [6.07, 6.45) is 5.16. The van der Waals surface area contributed by atoms with E-state index in [0.29, 0.717) is 0 Å². The predicted molar refractivity (Wildman–Crippen MR) is 61.7 cm³/mol. The third-order valence-corrected chi connectivity index (χ3v) is 2.65. The number of benzene rings is 1. The maximum atomic E-state index is 4.31. The summed E-state index contributed by atoms with van der Waals surface area (Å²) in [4.78, 5) is 1.07. The molecule has 0 aliphatic carbocycles. The Morgan fingerprint density at radius 1 is 1.23 bits per heavy atom. The largest absolute Gasteiger partial charge is 0.143 e. The summed E-state index contributed by atoms with van der Waals surface area (Å²) in [7, 11) is 0. The topological polar surface area (TPSA) is 0 Å². The van der Waals surface area contributed by atoms with E-state index in [9.17, 15) is 0 Å². The van der Waals surface area contributed by atoms with E-state index in [2.05, 4.69) is 44.7 Å². The Kier molecular flexibility index (Phi) is 4.37. The minimum absolute atomic E-state index is 1.07. The molecule has 0 radical (unpaired) electrons. The van der Waals surface area contributed by atoms with Crippen molar-refractivity contribution >= 4 is 12.6 Å². The number of hydrogen-bond donors (Lipinski definition) is 1. The van der Waals surface area contributed by atoms with E-state index < -0.39 is 0 Å². The lowest BCUT2D eigenvalue weighted by atomic mass is 10.0. The second-order valence-electron chi connectivity index (χ2n) is 3.57. The Hall–Kier alpha value is -0.430. The van der Waals surface area contributed by atoms with E-state index in [1.807, 2.05) is 0 Å². The molecule has 72 valence electrons. The summed E-state index contributed by atoms with van der Waals surface area (Å²) in [6, 6.07) is 6.43. The van der Waals surface area contributed by atoms with Crippen molar-refractivity contribution in [1.82, 2.24) is 0 Å². The van der Waals surface area contributed by atoms with E-state index >= 15 is 0 Å². The zero-order valence-electron chi connectivity index (χ0n) is 8.51. The van der Waals surface area contributed by atoms with Gasteiger partial charge >= 0.3 is 0 Å². The van der Waals surface area contributed by atoms with Crippen molar-refractivity contribution in [1.29, 1.82) is 0 Å². The quantitative estimate of drug-likeness (QED) is 0.543. The second kappa shape index (κ2) is 5.33. The molecule has 0 heterocycles. The van der Waals surface area contributed by atoms with Crippen molar-refractivity contribution in [2.24, 2.45) is 0 Å². The van der Waals surface area contributed by atoms with Crippen LogP contribution in [0.3, 0.4) is 0 Å². The fourth-order valence-electron chi connectivity index (χ4n) is 1.53. The molecular formula is C12H18S. The molecule has 0 aliphatic heterocycles. The normalized spacial score (nSPS) is 10.4. The minimum Gasteiger partial charge on any atom is -0.143 e. The van der Waals surface area contributed by atoms with Gasteiger partial charge in [-0.2, -0.15) is 0 Å². The first kappa shape index (κ1) is 10.6. The van der Waals surface area contributed by atoms with Gasteiger partial charge in [-0.3, -0.25) is 0 Å². The highest BCUT2D eigenvalue weighted by atomic mass is 32.1. The van der Waals surface area contributed by atoms with Gasteiger partial charge in [0.05, 0.1) is 0 Å². The molecule has 13 heavy (non-hydrogen) atoms. The number of thiol groups is 1. The Morgan fingerprint density at radius 3 is 2.62 bits per heavy atom. The van der Waals surface area contributed by atoms with E-state index in [1.54, 1.807) is 0 Å². The van der Waals surface area contributed by atoms with Crippen LogP contribution in [0.25, 0.3) is 0 Å². The first-order valence-corrected chi connectivity index (χ1v) is 5.47. The first-order chi connectivity index (χ1) is 6.24. The molecule has 0 aromatic heterocycles. The van der Waals surface area contributed by atoms with Gasteiger partial charge in [0.2, 0.25) is 0 Å². The third kappa shape index (κ3) is 3.43. The van der Waals surface area contributed by atoms with Crippen LogP contribution in [0.2, 0.25) is 0 Å². The lowest BCUT2D eigenvalue weighted by Gasteiger charge is -2.05. The smallest absolute Gasteiger partial charge is 0.00428 e. The van der Waals surface area contributed by atoms with E-state index in [4.69, 9.17) is 0 Å². The predicted octanol–water partition coefficient (Wildman–Crippen LogP) is 4.02. The average Bonchev–Trinajstić information content (AvgIpc) is 2.09. The maximum Gasteiger partial charge on any atom is 0.00428 e. The molecule has 1 heteroatoms. The van der Waals surface area contributed by atoms with Crippen LogP contribution >= 0.6 is 12.6 Å². The fourth-order valence-corrected chi connectivity index (χ4v) is 1.79. The van der Waals surface area contributed by atoms with Gasteiger partial charge < -0.3 is 0 Å². The molecule has 0 atom stereocenters. The van der Waals surface area contributed by atoms with Gasteiger partial charge in [0.15, 0.2) is 0 Å². The lowest BCUT2D eigenvalue weighted by Crippen LogP contribution is -1.89. The van der Waals surface area contributed by atoms with E-state index in [-0.39, 0.29) is 0 Å². The summed E-state index contributed by atoms with van der Waals surface area (Å²) in [5.74, 6) is 0. The van der Waals surface area contributed by atoms with E-state index in [0.717, 1.165) is 4.90 Å². The van der Waals surface area contributed by atoms with Crippen molar-refractivity contribution in [3.05, 3.63) is 29.3 Å². The highest BCUT2D eigenvalue weighted by Crippen LogP contribution is 2.16. The molecule has 0 saturated heterocycles. The Labute approximate surface area is 86.8 Å². The molecule has 0 spiro atoms. The highest BCUT2D eigenvalue weighted by Gasteiger charge is 1.97. The Bertz CT molecular complexity index is 266. The van der Waals surface area contributed by atoms with Gasteiger partial charge in [0.25, 0.3) is 0 Å². The maximum absolute atomic E-state index is 4.31. The molecule has 0 saturated carbocycles. The van der Waals surface area contributed by atoms with Crippen molar-refractivity contribution in [3.8, 4) is 0 Å². The minimum atomic E-state index is 1.07. The molecule has 0 fully saturated rings. The van der Waals surface area contributed by atoms with Crippen molar-refractivity contribution in [2.45, 2.75) is 44.4 Å². The standard InChI is InChI=1S/C12H18S/c1-3-4-5-6-11-7-8-12(13)9-10(11)2/h7-9,13H,3-6H2,1-2H3. The van der Waals surface area contributed by atoms with Gasteiger partial charge in [0.1, 0.15) is 0 Å². The van der Waals surface area contributed by atoms with Gasteiger partial charge in [0, 0.05) is 4.90 Å². The summed E-state index contributed by atoms with van der Waals surface area (Å²) in [5.41, 5.74) is 2.86. The number of hydrogen-bond acceptors (Lipinski definition) is 1. The van der Waals surface area contributed by atoms with Crippen LogP contribution in [-0.4, -0.2) is 0 Å². The van der Waals surface area contributed by atoms with Gasteiger partial charge in [-0.05, 0) is 43.0 Å². The molecular weight excluding hydrogens is 176 g/mol. The van der Waals surface area contributed by atoms with Crippen molar-refractivity contribution < 1.29 is 0 Å². The third-order valence-electron chi connectivity index (χ3n) is 2.38. The first-order valence-electron chi connectivity index (χ1n) is 5.02. The Balaban J connectivity index is 2.56. The summed E-state index contributed by atoms with van der Waals surface area (Å²) in [6.45, 7) is 4.41. The number of aryl methyl sites for hydroxylation is 2.